The molecule has 0 aliphatic heterocycles. The fourth-order valence-electron chi connectivity index (χ4n) is 2.89. The zero-order chi connectivity index (χ0) is 22.5. The normalized spacial score (nSPS) is 11.7. The standard InChI is InChI=1S/C24H26N2O4S/c1-24(2,3)26-31(28,29)22-12-8-7-11-21(22)25-23(27)19-15-13-18(14-16-19)17-30-20-9-5-4-6-10-20/h4-16,26H,17H2,1-3H3,(H,25,27). The molecule has 0 atom stereocenters. The topological polar surface area (TPSA) is 84.5 Å². The minimum atomic E-state index is -3.80. The van der Waals surface area contributed by atoms with Gasteiger partial charge in [-0.05, 0) is 62.7 Å². The first-order valence-corrected chi connectivity index (χ1v) is 11.3. The number of para-hydroxylation sites is 2. The molecule has 0 spiro atoms. The maximum atomic E-state index is 12.7. The smallest absolute Gasteiger partial charge is 0.255 e. The number of ether oxygens (including phenoxy) is 1. The summed E-state index contributed by atoms with van der Waals surface area (Å²) in [5.74, 6) is 0.375. The third-order valence-electron chi connectivity index (χ3n) is 4.23. The summed E-state index contributed by atoms with van der Waals surface area (Å²) in [5, 5.41) is 2.71. The minimum absolute atomic E-state index is 0.0196. The van der Waals surface area contributed by atoms with Gasteiger partial charge >= 0.3 is 0 Å². The van der Waals surface area contributed by atoms with Crippen LogP contribution in [0, 0.1) is 0 Å². The number of hydrogen-bond donors (Lipinski definition) is 2. The number of benzene rings is 3. The zero-order valence-corrected chi connectivity index (χ0v) is 18.6. The van der Waals surface area contributed by atoms with Crippen molar-refractivity contribution in [1.29, 1.82) is 0 Å². The lowest BCUT2D eigenvalue weighted by molar-refractivity contribution is 0.102. The van der Waals surface area contributed by atoms with Crippen LogP contribution >= 0.6 is 0 Å². The molecule has 1 amide bonds. The Morgan fingerprint density at radius 2 is 1.48 bits per heavy atom. The third-order valence-corrected chi connectivity index (χ3v) is 6.05. The van der Waals surface area contributed by atoms with Gasteiger partial charge in [-0.15, -0.1) is 0 Å². The molecule has 0 saturated heterocycles. The van der Waals surface area contributed by atoms with Crippen molar-refractivity contribution in [2.45, 2.75) is 37.8 Å². The second-order valence-electron chi connectivity index (χ2n) is 8.10. The average molecular weight is 439 g/mol. The predicted octanol–water partition coefficient (Wildman–Crippen LogP) is 4.59. The first-order valence-electron chi connectivity index (χ1n) is 9.85. The number of hydrogen-bond acceptors (Lipinski definition) is 4. The second-order valence-corrected chi connectivity index (χ2v) is 9.76. The fraction of sp³-hybridized carbons (Fsp3) is 0.208. The molecule has 0 fully saturated rings. The summed E-state index contributed by atoms with van der Waals surface area (Å²) in [6.45, 7) is 5.66. The molecule has 7 heteroatoms. The molecule has 6 nitrogen and oxygen atoms in total. The fourth-order valence-corrected chi connectivity index (χ4v) is 4.47. The van der Waals surface area contributed by atoms with E-state index < -0.39 is 21.5 Å². The van der Waals surface area contributed by atoms with E-state index >= 15 is 0 Å². The van der Waals surface area contributed by atoms with E-state index in [4.69, 9.17) is 4.74 Å². The van der Waals surface area contributed by atoms with Gasteiger partial charge < -0.3 is 10.1 Å². The van der Waals surface area contributed by atoms with E-state index in [0.29, 0.717) is 12.2 Å². The molecule has 0 radical (unpaired) electrons. The van der Waals surface area contributed by atoms with E-state index in [2.05, 4.69) is 10.0 Å². The first-order chi connectivity index (χ1) is 14.6. The van der Waals surface area contributed by atoms with Crippen LogP contribution in [0.2, 0.25) is 0 Å². The van der Waals surface area contributed by atoms with Crippen LogP contribution in [0.15, 0.2) is 83.8 Å². The summed E-state index contributed by atoms with van der Waals surface area (Å²) in [6.07, 6.45) is 0. The van der Waals surface area contributed by atoms with Gasteiger partial charge in [-0.2, -0.15) is 0 Å². The molecule has 0 aliphatic rings. The largest absolute Gasteiger partial charge is 0.489 e. The van der Waals surface area contributed by atoms with Gasteiger partial charge in [-0.25, -0.2) is 13.1 Å². The number of carbonyl (C=O) groups is 1. The number of sulfonamides is 1. The van der Waals surface area contributed by atoms with Gasteiger partial charge in [0.1, 0.15) is 17.3 Å². The Morgan fingerprint density at radius 1 is 0.871 bits per heavy atom. The van der Waals surface area contributed by atoms with E-state index in [1.807, 2.05) is 42.5 Å². The van der Waals surface area contributed by atoms with Crippen LogP contribution < -0.4 is 14.8 Å². The van der Waals surface area contributed by atoms with E-state index in [0.717, 1.165) is 11.3 Å². The lowest BCUT2D eigenvalue weighted by Gasteiger charge is -2.21. The third kappa shape index (κ3) is 6.41. The SMILES string of the molecule is CC(C)(C)NS(=O)(=O)c1ccccc1NC(=O)c1ccc(COc2ccccc2)cc1. The molecule has 0 saturated carbocycles. The molecular formula is C24H26N2O4S. The summed E-state index contributed by atoms with van der Waals surface area (Å²) < 4.78 is 33.8. The van der Waals surface area contributed by atoms with Crippen molar-refractivity contribution in [3.8, 4) is 5.75 Å². The number of nitrogens with one attached hydrogen (secondary N) is 2. The Labute approximate surface area is 183 Å². The summed E-state index contributed by atoms with van der Waals surface area (Å²) in [6, 6.07) is 22.8. The molecule has 0 aliphatic carbocycles. The summed E-state index contributed by atoms with van der Waals surface area (Å²) in [7, 11) is -3.80. The lowest BCUT2D eigenvalue weighted by Crippen LogP contribution is -2.40. The van der Waals surface area contributed by atoms with Crippen molar-refractivity contribution in [2.75, 3.05) is 5.32 Å². The van der Waals surface area contributed by atoms with Gasteiger partial charge in [-0.3, -0.25) is 4.79 Å². The van der Waals surface area contributed by atoms with Gasteiger partial charge in [0.25, 0.3) is 5.91 Å². The van der Waals surface area contributed by atoms with Crippen LogP contribution in [0.3, 0.4) is 0 Å². The van der Waals surface area contributed by atoms with Crippen LogP contribution in [0.5, 0.6) is 5.75 Å². The molecule has 0 aromatic heterocycles. The molecule has 3 aromatic carbocycles. The number of rotatable bonds is 7. The van der Waals surface area contributed by atoms with E-state index in [1.54, 1.807) is 51.1 Å². The van der Waals surface area contributed by atoms with Crippen molar-refractivity contribution < 1.29 is 17.9 Å². The van der Waals surface area contributed by atoms with Crippen molar-refractivity contribution >= 4 is 21.6 Å². The van der Waals surface area contributed by atoms with Crippen LogP contribution in [-0.2, 0) is 16.6 Å². The molecule has 3 rings (SSSR count). The van der Waals surface area contributed by atoms with Crippen LogP contribution in [0.25, 0.3) is 0 Å². The summed E-state index contributed by atoms with van der Waals surface area (Å²) in [5.41, 5.74) is 0.908. The summed E-state index contributed by atoms with van der Waals surface area (Å²) in [4.78, 5) is 12.7. The highest BCUT2D eigenvalue weighted by molar-refractivity contribution is 7.89. The zero-order valence-electron chi connectivity index (χ0n) is 17.8. The highest BCUT2D eigenvalue weighted by Crippen LogP contribution is 2.23. The highest BCUT2D eigenvalue weighted by Gasteiger charge is 2.25. The Balaban J connectivity index is 1.71. The quantitative estimate of drug-likeness (QED) is 0.565. The Kier molecular flexibility index (Phi) is 6.77. The van der Waals surface area contributed by atoms with E-state index in [-0.39, 0.29) is 10.6 Å². The van der Waals surface area contributed by atoms with Gasteiger partial charge in [0, 0.05) is 11.1 Å². The number of anilines is 1. The van der Waals surface area contributed by atoms with Gasteiger partial charge in [0.2, 0.25) is 10.0 Å². The first kappa shape index (κ1) is 22.5. The van der Waals surface area contributed by atoms with E-state index in [1.165, 1.54) is 6.07 Å². The Morgan fingerprint density at radius 3 is 2.13 bits per heavy atom. The molecule has 2 N–H and O–H groups in total. The van der Waals surface area contributed by atoms with Gasteiger partial charge in [0.05, 0.1) is 5.69 Å². The van der Waals surface area contributed by atoms with Crippen molar-refractivity contribution in [3.05, 3.63) is 90.0 Å². The average Bonchev–Trinajstić information content (AvgIpc) is 2.72. The summed E-state index contributed by atoms with van der Waals surface area (Å²) >= 11 is 0. The van der Waals surface area contributed by atoms with Gasteiger partial charge in [0.15, 0.2) is 0 Å². The second kappa shape index (κ2) is 9.32. The Bertz CT molecular complexity index is 1140. The predicted molar refractivity (Wildman–Crippen MR) is 122 cm³/mol. The molecule has 162 valence electrons. The van der Waals surface area contributed by atoms with E-state index in [9.17, 15) is 13.2 Å². The number of amides is 1. The van der Waals surface area contributed by atoms with Crippen molar-refractivity contribution in [3.63, 3.8) is 0 Å². The molecule has 0 heterocycles. The Hall–Kier alpha value is -3.16. The van der Waals surface area contributed by atoms with Crippen molar-refractivity contribution in [2.24, 2.45) is 0 Å². The molecule has 31 heavy (non-hydrogen) atoms. The number of carbonyl (C=O) groups excluding carboxylic acids is 1. The molecule has 0 unspecified atom stereocenters. The monoisotopic (exact) mass is 438 g/mol. The molecular weight excluding hydrogens is 412 g/mol. The van der Waals surface area contributed by atoms with Crippen molar-refractivity contribution in [1.82, 2.24) is 4.72 Å². The molecule has 0 bridgehead atoms. The van der Waals surface area contributed by atoms with Crippen LogP contribution in [-0.4, -0.2) is 19.9 Å². The maximum Gasteiger partial charge on any atom is 0.255 e. The lowest BCUT2D eigenvalue weighted by atomic mass is 10.1. The van der Waals surface area contributed by atoms with Crippen LogP contribution in [0.1, 0.15) is 36.7 Å². The highest BCUT2D eigenvalue weighted by atomic mass is 32.2. The minimum Gasteiger partial charge on any atom is -0.489 e. The molecule has 3 aromatic rings. The van der Waals surface area contributed by atoms with Crippen LogP contribution in [0.4, 0.5) is 5.69 Å². The van der Waals surface area contributed by atoms with Gasteiger partial charge in [-0.1, -0.05) is 42.5 Å². The maximum absolute atomic E-state index is 12.7.